The second kappa shape index (κ2) is 12.8. The van der Waals surface area contributed by atoms with Gasteiger partial charge in [0.15, 0.2) is 0 Å². The molecule has 0 aliphatic heterocycles. The number of aliphatic carboxylic acids is 1. The van der Waals surface area contributed by atoms with Crippen LogP contribution >= 0.6 is 0 Å². The molecule has 0 saturated carbocycles. The van der Waals surface area contributed by atoms with Crippen LogP contribution in [0.2, 0.25) is 0 Å². The lowest BCUT2D eigenvalue weighted by Crippen LogP contribution is -2.26. The van der Waals surface area contributed by atoms with E-state index in [9.17, 15) is 9.59 Å². The number of ether oxygens (including phenoxy) is 2. The molecule has 1 amide bonds. The zero-order chi connectivity index (χ0) is 30.5. The fourth-order valence-electron chi connectivity index (χ4n) is 5.02. The molecule has 0 saturated heterocycles. The molecule has 0 aliphatic carbocycles. The van der Waals surface area contributed by atoms with Crippen LogP contribution < -0.4 is 14.8 Å². The number of hydrogen-bond donors (Lipinski definition) is 2. The maximum Gasteiger partial charge on any atom is 0.305 e. The number of benzene rings is 4. The maximum absolute atomic E-state index is 12.5. The highest BCUT2D eigenvalue weighted by Crippen LogP contribution is 2.36. The number of para-hydroxylation sites is 1. The molecule has 220 valence electrons. The van der Waals surface area contributed by atoms with Crippen molar-refractivity contribution in [3.63, 3.8) is 0 Å². The lowest BCUT2D eigenvalue weighted by Gasteiger charge is -2.17. The monoisotopic (exact) mass is 577 g/mol. The Labute approximate surface area is 250 Å². The van der Waals surface area contributed by atoms with Crippen molar-refractivity contribution >= 4 is 22.6 Å². The first-order valence-corrected chi connectivity index (χ1v) is 14.3. The van der Waals surface area contributed by atoms with Gasteiger partial charge in [0.25, 0.3) is 5.91 Å². The van der Waals surface area contributed by atoms with Gasteiger partial charge in [-0.2, -0.15) is 5.10 Å². The van der Waals surface area contributed by atoms with Crippen LogP contribution in [0.25, 0.3) is 33.3 Å². The van der Waals surface area contributed by atoms with Crippen LogP contribution in [0.15, 0.2) is 91.0 Å². The Hall–Kier alpha value is -5.11. The number of carboxylic acids is 1. The molecule has 5 rings (SSSR count). The summed E-state index contributed by atoms with van der Waals surface area (Å²) in [5.74, 6) is 0.313. The molecule has 2 N–H and O–H groups in total. The van der Waals surface area contributed by atoms with Crippen molar-refractivity contribution in [3.8, 4) is 34.0 Å². The summed E-state index contributed by atoms with van der Waals surface area (Å²) in [4.78, 5) is 23.3. The van der Waals surface area contributed by atoms with Gasteiger partial charge < -0.3 is 19.9 Å². The number of rotatable bonds is 11. The lowest BCUT2D eigenvalue weighted by molar-refractivity contribution is -0.136. The van der Waals surface area contributed by atoms with E-state index in [-0.39, 0.29) is 31.0 Å². The Balaban J connectivity index is 1.54. The van der Waals surface area contributed by atoms with E-state index >= 15 is 0 Å². The number of carboxylic acid groups (broad SMARTS) is 1. The van der Waals surface area contributed by atoms with Gasteiger partial charge in [-0.1, -0.05) is 42.5 Å². The fourth-order valence-corrected chi connectivity index (χ4v) is 5.02. The molecule has 0 radical (unpaired) electrons. The molecule has 0 spiro atoms. The van der Waals surface area contributed by atoms with Gasteiger partial charge in [-0.05, 0) is 85.6 Å². The topological polar surface area (TPSA) is 103 Å². The van der Waals surface area contributed by atoms with Crippen molar-refractivity contribution in [3.05, 3.63) is 102 Å². The third kappa shape index (κ3) is 6.70. The summed E-state index contributed by atoms with van der Waals surface area (Å²) in [6.45, 7) is 6.16. The van der Waals surface area contributed by atoms with E-state index in [1.165, 1.54) is 0 Å². The molecule has 1 heterocycles. The van der Waals surface area contributed by atoms with Gasteiger partial charge in [-0.15, -0.1) is 0 Å². The molecule has 5 aromatic rings. The first kappa shape index (κ1) is 29.4. The second-order valence-corrected chi connectivity index (χ2v) is 10.6. The summed E-state index contributed by atoms with van der Waals surface area (Å²) >= 11 is 0. The standard InChI is InChI=1S/C35H35N3O5/c1-22(2)43-33-8-6-5-7-30(33)31-21-32(28-14-13-27-20-29(42-4)16-15-26(27)19-28)38(37-31)23(3)24-9-11-25(12-10-24)35(41)36-18-17-34(39)40/h5-16,19-23H,17-18H2,1-4H3,(H,36,41)(H,39,40). The average Bonchev–Trinajstić information content (AvgIpc) is 3.45. The van der Waals surface area contributed by atoms with E-state index in [0.29, 0.717) is 5.56 Å². The van der Waals surface area contributed by atoms with E-state index in [2.05, 4.69) is 42.6 Å². The summed E-state index contributed by atoms with van der Waals surface area (Å²) in [6.07, 6.45) is -0.113. The minimum absolute atomic E-state index is 0.0129. The van der Waals surface area contributed by atoms with E-state index in [4.69, 9.17) is 19.7 Å². The van der Waals surface area contributed by atoms with E-state index in [1.54, 1.807) is 19.2 Å². The minimum atomic E-state index is -0.955. The number of carbonyl (C=O) groups excluding carboxylic acids is 1. The quantitative estimate of drug-likeness (QED) is 0.176. The second-order valence-electron chi connectivity index (χ2n) is 10.6. The van der Waals surface area contributed by atoms with E-state index < -0.39 is 5.97 Å². The number of hydrogen-bond acceptors (Lipinski definition) is 5. The first-order chi connectivity index (χ1) is 20.7. The van der Waals surface area contributed by atoms with Gasteiger partial charge in [0.05, 0.1) is 37.1 Å². The molecule has 0 aliphatic rings. The minimum Gasteiger partial charge on any atom is -0.497 e. The Morgan fingerprint density at radius 3 is 2.35 bits per heavy atom. The molecule has 1 unspecified atom stereocenters. The van der Waals surface area contributed by atoms with Crippen molar-refractivity contribution in [2.75, 3.05) is 13.7 Å². The van der Waals surface area contributed by atoms with E-state index in [1.807, 2.05) is 67.1 Å². The number of methoxy groups -OCH3 is 1. The number of aromatic nitrogens is 2. The van der Waals surface area contributed by atoms with Crippen molar-refractivity contribution in [2.45, 2.75) is 39.3 Å². The zero-order valence-corrected chi connectivity index (χ0v) is 24.7. The molecule has 1 atom stereocenters. The number of nitrogens with one attached hydrogen (secondary N) is 1. The van der Waals surface area contributed by atoms with Crippen LogP contribution in [0, 0.1) is 0 Å². The van der Waals surface area contributed by atoms with Crippen molar-refractivity contribution in [1.29, 1.82) is 0 Å². The van der Waals surface area contributed by atoms with Gasteiger partial charge in [-0.3, -0.25) is 14.3 Å². The summed E-state index contributed by atoms with van der Waals surface area (Å²) < 4.78 is 13.5. The van der Waals surface area contributed by atoms with Gasteiger partial charge in [0.1, 0.15) is 11.5 Å². The Morgan fingerprint density at radius 2 is 1.63 bits per heavy atom. The molecule has 8 heteroatoms. The first-order valence-electron chi connectivity index (χ1n) is 14.3. The highest BCUT2D eigenvalue weighted by molar-refractivity contribution is 5.94. The summed E-state index contributed by atoms with van der Waals surface area (Å²) in [7, 11) is 1.66. The molecule has 8 nitrogen and oxygen atoms in total. The number of fused-ring (bicyclic) bond motifs is 1. The lowest BCUT2D eigenvalue weighted by atomic mass is 10.0. The third-order valence-corrected chi connectivity index (χ3v) is 7.25. The average molecular weight is 578 g/mol. The van der Waals surface area contributed by atoms with Crippen LogP contribution in [0.4, 0.5) is 0 Å². The highest BCUT2D eigenvalue weighted by atomic mass is 16.5. The van der Waals surface area contributed by atoms with E-state index in [0.717, 1.165) is 50.3 Å². The van der Waals surface area contributed by atoms with Crippen molar-refractivity contribution in [2.24, 2.45) is 0 Å². The maximum atomic E-state index is 12.5. The molecule has 4 aromatic carbocycles. The van der Waals surface area contributed by atoms with Crippen LogP contribution in [-0.2, 0) is 4.79 Å². The van der Waals surface area contributed by atoms with Crippen LogP contribution in [0.5, 0.6) is 11.5 Å². The molecule has 1 aromatic heterocycles. The Morgan fingerprint density at radius 1 is 0.907 bits per heavy atom. The van der Waals surface area contributed by atoms with Crippen molar-refractivity contribution in [1.82, 2.24) is 15.1 Å². The van der Waals surface area contributed by atoms with Gasteiger partial charge in [0.2, 0.25) is 0 Å². The zero-order valence-electron chi connectivity index (χ0n) is 24.7. The smallest absolute Gasteiger partial charge is 0.305 e. The summed E-state index contributed by atoms with van der Waals surface area (Å²) in [5.41, 5.74) is 5.09. The van der Waals surface area contributed by atoms with Crippen LogP contribution in [0.1, 0.15) is 49.2 Å². The van der Waals surface area contributed by atoms with Gasteiger partial charge in [-0.25, -0.2) is 0 Å². The Kier molecular flexibility index (Phi) is 8.76. The largest absolute Gasteiger partial charge is 0.497 e. The molecular formula is C35H35N3O5. The number of carbonyl (C=O) groups is 2. The van der Waals surface area contributed by atoms with Gasteiger partial charge in [0, 0.05) is 23.2 Å². The third-order valence-electron chi connectivity index (χ3n) is 7.25. The molecule has 43 heavy (non-hydrogen) atoms. The molecule has 0 bridgehead atoms. The highest BCUT2D eigenvalue weighted by Gasteiger charge is 2.20. The summed E-state index contributed by atoms with van der Waals surface area (Å²) in [5, 5.41) is 18.8. The number of amides is 1. The van der Waals surface area contributed by atoms with Crippen LogP contribution in [-0.4, -0.2) is 46.5 Å². The molecular weight excluding hydrogens is 542 g/mol. The Bertz CT molecular complexity index is 1760. The fraction of sp³-hybridized carbons (Fsp3) is 0.229. The van der Waals surface area contributed by atoms with Gasteiger partial charge >= 0.3 is 5.97 Å². The number of nitrogens with zero attached hydrogens (tertiary/aromatic N) is 2. The van der Waals surface area contributed by atoms with Crippen LogP contribution in [0.3, 0.4) is 0 Å². The normalized spacial score (nSPS) is 11.8. The predicted molar refractivity (Wildman–Crippen MR) is 168 cm³/mol. The molecule has 0 fully saturated rings. The predicted octanol–water partition coefficient (Wildman–Crippen LogP) is 6.98. The summed E-state index contributed by atoms with van der Waals surface area (Å²) in [6, 6.07) is 29.5. The van der Waals surface area contributed by atoms with Crippen molar-refractivity contribution < 1.29 is 24.2 Å². The SMILES string of the molecule is COc1ccc2cc(-c3cc(-c4ccccc4OC(C)C)nn3C(C)c3ccc(C(=O)NCCC(=O)O)cc3)ccc2c1.